The lowest BCUT2D eigenvalue weighted by molar-refractivity contribution is -0.122. The molecule has 6 nitrogen and oxygen atoms in total. The highest BCUT2D eigenvalue weighted by Gasteiger charge is 2.18. The Morgan fingerprint density at radius 3 is 2.59 bits per heavy atom. The third-order valence-electron chi connectivity index (χ3n) is 5.33. The molecule has 1 heterocycles. The maximum Gasteiger partial charge on any atom is 0.257 e. The van der Waals surface area contributed by atoms with E-state index in [0.29, 0.717) is 27.7 Å². The summed E-state index contributed by atoms with van der Waals surface area (Å²) in [5.41, 5.74) is 2.48. The molecule has 0 bridgehead atoms. The molecule has 0 aliphatic rings. The molecule has 1 amide bonds. The van der Waals surface area contributed by atoms with Crippen molar-refractivity contribution in [1.82, 2.24) is 14.9 Å². The van der Waals surface area contributed by atoms with Crippen LogP contribution in [0.5, 0.6) is 0 Å². The molecule has 32 heavy (non-hydrogen) atoms. The Balaban J connectivity index is 1.82. The van der Waals surface area contributed by atoms with Crippen LogP contribution >= 0.6 is 11.6 Å². The Kier molecular flexibility index (Phi) is 8.20. The van der Waals surface area contributed by atoms with Gasteiger partial charge in [-0.15, -0.1) is 0 Å². The Labute approximate surface area is 192 Å². The Bertz CT molecular complexity index is 1130. The van der Waals surface area contributed by atoms with E-state index in [1.165, 1.54) is 10.1 Å². The zero-order chi connectivity index (χ0) is 23.1. The summed E-state index contributed by atoms with van der Waals surface area (Å²) in [6, 6.07) is 17.1. The number of rotatable bonds is 9. The van der Waals surface area contributed by atoms with E-state index in [4.69, 9.17) is 11.6 Å². The SMILES string of the molecule is Cc1nc(-c2cccc(Cl)c2)n(CC(=O)NC(C)CCc2ccccc2)c(=O)c1CCO. The van der Waals surface area contributed by atoms with Crippen LogP contribution in [0.1, 0.15) is 30.2 Å². The molecule has 1 atom stereocenters. The van der Waals surface area contributed by atoms with Gasteiger partial charge in [0.2, 0.25) is 5.91 Å². The van der Waals surface area contributed by atoms with Crippen molar-refractivity contribution in [1.29, 1.82) is 0 Å². The molecule has 0 spiro atoms. The van der Waals surface area contributed by atoms with Crippen LogP contribution in [0.4, 0.5) is 0 Å². The third kappa shape index (κ3) is 6.05. The Morgan fingerprint density at radius 1 is 1.16 bits per heavy atom. The van der Waals surface area contributed by atoms with Gasteiger partial charge in [-0.05, 0) is 44.4 Å². The van der Waals surface area contributed by atoms with Crippen LogP contribution in [0, 0.1) is 6.92 Å². The van der Waals surface area contributed by atoms with Crippen molar-refractivity contribution in [2.24, 2.45) is 0 Å². The average molecular weight is 454 g/mol. The molecule has 0 aliphatic heterocycles. The second-order valence-corrected chi connectivity index (χ2v) is 8.30. The highest BCUT2D eigenvalue weighted by Crippen LogP contribution is 2.21. The van der Waals surface area contributed by atoms with E-state index in [1.807, 2.05) is 25.1 Å². The monoisotopic (exact) mass is 453 g/mol. The fraction of sp³-hybridized carbons (Fsp3) is 0.320. The van der Waals surface area contributed by atoms with Crippen LogP contribution in [0.15, 0.2) is 59.4 Å². The highest BCUT2D eigenvalue weighted by molar-refractivity contribution is 6.30. The number of amides is 1. The summed E-state index contributed by atoms with van der Waals surface area (Å²) in [6.07, 6.45) is 1.82. The molecule has 0 aliphatic carbocycles. The van der Waals surface area contributed by atoms with E-state index in [9.17, 15) is 14.7 Å². The number of nitrogens with zero attached hydrogens (tertiary/aromatic N) is 2. The van der Waals surface area contributed by atoms with Gasteiger partial charge in [0.15, 0.2) is 0 Å². The Morgan fingerprint density at radius 2 is 1.91 bits per heavy atom. The van der Waals surface area contributed by atoms with Gasteiger partial charge in [0.1, 0.15) is 12.4 Å². The predicted octanol–water partition coefficient (Wildman–Crippen LogP) is 3.54. The van der Waals surface area contributed by atoms with Crippen molar-refractivity contribution >= 4 is 17.5 Å². The van der Waals surface area contributed by atoms with Gasteiger partial charge in [-0.1, -0.05) is 54.1 Å². The van der Waals surface area contributed by atoms with Gasteiger partial charge in [-0.2, -0.15) is 0 Å². The zero-order valence-electron chi connectivity index (χ0n) is 18.3. The number of halogens is 1. The average Bonchev–Trinajstić information content (AvgIpc) is 2.77. The van der Waals surface area contributed by atoms with Gasteiger partial charge in [-0.25, -0.2) is 4.98 Å². The van der Waals surface area contributed by atoms with Crippen LogP contribution in [0.3, 0.4) is 0 Å². The molecule has 3 aromatic rings. The number of aliphatic hydroxyl groups excluding tert-OH is 1. The molecular weight excluding hydrogens is 426 g/mol. The number of hydrogen-bond acceptors (Lipinski definition) is 4. The summed E-state index contributed by atoms with van der Waals surface area (Å²) < 4.78 is 1.36. The first-order valence-corrected chi connectivity index (χ1v) is 11.1. The molecule has 168 valence electrons. The summed E-state index contributed by atoms with van der Waals surface area (Å²) in [7, 11) is 0. The predicted molar refractivity (Wildman–Crippen MR) is 127 cm³/mol. The topological polar surface area (TPSA) is 84.2 Å². The van der Waals surface area contributed by atoms with Crippen molar-refractivity contribution < 1.29 is 9.90 Å². The molecule has 2 aromatic carbocycles. The number of aryl methyl sites for hydroxylation is 2. The van der Waals surface area contributed by atoms with Gasteiger partial charge in [0, 0.05) is 40.9 Å². The summed E-state index contributed by atoms with van der Waals surface area (Å²) in [4.78, 5) is 30.6. The molecule has 3 rings (SSSR count). The van der Waals surface area contributed by atoms with Crippen molar-refractivity contribution in [3.63, 3.8) is 0 Å². The van der Waals surface area contributed by atoms with Crippen LogP contribution in [-0.4, -0.2) is 33.2 Å². The molecule has 0 saturated heterocycles. The lowest BCUT2D eigenvalue weighted by Crippen LogP contribution is -2.39. The van der Waals surface area contributed by atoms with E-state index in [-0.39, 0.29) is 37.1 Å². The summed E-state index contributed by atoms with van der Waals surface area (Å²) >= 11 is 6.14. The van der Waals surface area contributed by atoms with Gasteiger partial charge >= 0.3 is 0 Å². The lowest BCUT2D eigenvalue weighted by Gasteiger charge is -2.18. The number of aliphatic hydroxyl groups is 1. The van der Waals surface area contributed by atoms with E-state index in [1.54, 1.807) is 31.2 Å². The summed E-state index contributed by atoms with van der Waals surface area (Å²) in [6.45, 7) is 3.35. The van der Waals surface area contributed by atoms with Gasteiger partial charge in [0.05, 0.1) is 0 Å². The van der Waals surface area contributed by atoms with Gasteiger partial charge < -0.3 is 10.4 Å². The van der Waals surface area contributed by atoms with E-state index in [2.05, 4.69) is 22.4 Å². The molecule has 0 radical (unpaired) electrons. The number of benzene rings is 2. The van der Waals surface area contributed by atoms with E-state index < -0.39 is 0 Å². The highest BCUT2D eigenvalue weighted by atomic mass is 35.5. The fourth-order valence-electron chi connectivity index (χ4n) is 3.66. The van der Waals surface area contributed by atoms with Crippen molar-refractivity contribution in [2.45, 2.75) is 45.7 Å². The first-order valence-electron chi connectivity index (χ1n) is 10.7. The molecule has 0 fully saturated rings. The fourth-order valence-corrected chi connectivity index (χ4v) is 3.85. The maximum atomic E-state index is 13.2. The standard InChI is InChI=1S/C25H28ClN3O3/c1-17(11-12-19-7-4-3-5-8-19)27-23(31)16-29-24(20-9-6-10-21(26)15-20)28-18(2)22(13-14-30)25(29)32/h3-10,15,17,30H,11-14,16H2,1-2H3,(H,27,31). The number of hydrogen-bond donors (Lipinski definition) is 2. The lowest BCUT2D eigenvalue weighted by atomic mass is 10.1. The van der Waals surface area contributed by atoms with Crippen molar-refractivity contribution in [3.8, 4) is 11.4 Å². The maximum absolute atomic E-state index is 13.2. The van der Waals surface area contributed by atoms with Crippen LogP contribution in [-0.2, 0) is 24.2 Å². The van der Waals surface area contributed by atoms with Crippen LogP contribution < -0.4 is 10.9 Å². The normalized spacial score (nSPS) is 11.9. The Hall–Kier alpha value is -2.96. The second-order valence-electron chi connectivity index (χ2n) is 7.87. The van der Waals surface area contributed by atoms with Crippen LogP contribution in [0.25, 0.3) is 11.4 Å². The second kappa shape index (κ2) is 11.1. The first kappa shape index (κ1) is 23.7. The first-order chi connectivity index (χ1) is 15.4. The minimum atomic E-state index is -0.325. The molecule has 0 saturated carbocycles. The molecule has 1 unspecified atom stereocenters. The number of carbonyl (C=O) groups is 1. The minimum Gasteiger partial charge on any atom is -0.396 e. The largest absolute Gasteiger partial charge is 0.396 e. The number of carbonyl (C=O) groups excluding carboxylic acids is 1. The smallest absolute Gasteiger partial charge is 0.257 e. The zero-order valence-corrected chi connectivity index (χ0v) is 19.1. The molecular formula is C25H28ClN3O3. The number of aromatic nitrogens is 2. The van der Waals surface area contributed by atoms with E-state index >= 15 is 0 Å². The van der Waals surface area contributed by atoms with E-state index in [0.717, 1.165) is 12.8 Å². The summed E-state index contributed by atoms with van der Waals surface area (Å²) in [5, 5.41) is 12.9. The summed E-state index contributed by atoms with van der Waals surface area (Å²) in [5.74, 6) is 0.111. The third-order valence-corrected chi connectivity index (χ3v) is 5.57. The molecule has 1 aromatic heterocycles. The molecule has 7 heteroatoms. The van der Waals surface area contributed by atoms with Gasteiger partial charge in [0.25, 0.3) is 5.56 Å². The quantitative estimate of drug-likeness (QED) is 0.519. The minimum absolute atomic E-state index is 0.0525. The van der Waals surface area contributed by atoms with Crippen molar-refractivity contribution in [3.05, 3.63) is 86.8 Å². The van der Waals surface area contributed by atoms with Gasteiger partial charge in [-0.3, -0.25) is 14.2 Å². The van der Waals surface area contributed by atoms with Crippen LogP contribution in [0.2, 0.25) is 5.02 Å². The van der Waals surface area contributed by atoms with Crippen molar-refractivity contribution in [2.75, 3.05) is 6.61 Å². The molecule has 2 N–H and O–H groups in total. The number of nitrogens with one attached hydrogen (secondary N) is 1.